The van der Waals surface area contributed by atoms with Crippen molar-refractivity contribution in [2.75, 3.05) is 38.1 Å². The molecule has 1 saturated heterocycles. The number of thiazole rings is 1. The Bertz CT molecular complexity index is 976. The van der Waals surface area contributed by atoms with Crippen LogP contribution in [0.4, 0.5) is 5.82 Å². The molecule has 4 rings (SSSR count). The molecular formula is C23H27N5OS. The summed E-state index contributed by atoms with van der Waals surface area (Å²) in [6.07, 6.45) is 2.14. The third kappa shape index (κ3) is 5.23. The normalized spacial score (nSPS) is 14.7. The number of carbonyl (C=O) groups excluding carboxylic acids is 1. The van der Waals surface area contributed by atoms with E-state index < -0.39 is 0 Å². The minimum absolute atomic E-state index is 0.0288. The van der Waals surface area contributed by atoms with Gasteiger partial charge in [-0.1, -0.05) is 35.9 Å². The second-order valence-electron chi connectivity index (χ2n) is 7.78. The third-order valence-corrected chi connectivity index (χ3v) is 6.26. The Labute approximate surface area is 181 Å². The highest BCUT2D eigenvalue weighted by Crippen LogP contribution is 2.24. The number of nitrogens with zero attached hydrogens (tertiary/aromatic N) is 4. The predicted molar refractivity (Wildman–Crippen MR) is 122 cm³/mol. The van der Waals surface area contributed by atoms with Crippen molar-refractivity contribution in [2.45, 2.75) is 19.9 Å². The highest BCUT2D eigenvalue weighted by atomic mass is 32.1. The number of aryl methyl sites for hydroxylation is 1. The molecule has 1 aliphatic rings. The smallest absolute Gasteiger partial charge is 0.226 e. The van der Waals surface area contributed by atoms with Gasteiger partial charge in [-0.15, -0.1) is 11.3 Å². The second kappa shape index (κ2) is 9.36. The van der Waals surface area contributed by atoms with Crippen molar-refractivity contribution in [2.24, 2.45) is 0 Å². The lowest BCUT2D eigenvalue weighted by atomic mass is 10.2. The fourth-order valence-electron chi connectivity index (χ4n) is 3.39. The average molecular weight is 422 g/mol. The van der Waals surface area contributed by atoms with Crippen molar-refractivity contribution >= 4 is 23.1 Å². The van der Waals surface area contributed by atoms with Gasteiger partial charge >= 0.3 is 0 Å². The Kier molecular flexibility index (Phi) is 6.40. The van der Waals surface area contributed by atoms with Crippen LogP contribution in [0.1, 0.15) is 16.8 Å². The monoisotopic (exact) mass is 421 g/mol. The number of carbonyl (C=O) groups is 1. The first-order valence-electron chi connectivity index (χ1n) is 10.2. The predicted octanol–water partition coefficient (Wildman–Crippen LogP) is 3.12. The van der Waals surface area contributed by atoms with Crippen molar-refractivity contribution < 1.29 is 4.79 Å². The van der Waals surface area contributed by atoms with Gasteiger partial charge in [0.25, 0.3) is 0 Å². The van der Waals surface area contributed by atoms with E-state index in [1.807, 2.05) is 23.7 Å². The Hall–Kier alpha value is -2.77. The molecule has 0 bridgehead atoms. The first-order valence-corrected chi connectivity index (χ1v) is 11.1. The average Bonchev–Trinajstić information content (AvgIpc) is 3.22. The number of hydrogen-bond acceptors (Lipinski definition) is 6. The standard InChI is InChI=1S/C23H27N5OS/c1-17-3-6-19(7-4-17)23-26-20(16-30-23)13-22(29)25-15-18-5-8-21(24-14-18)28-11-9-27(2)10-12-28/h3-8,14,16H,9-13,15H2,1-2H3,(H,25,29). The molecule has 1 fully saturated rings. The minimum atomic E-state index is -0.0288. The molecule has 0 radical (unpaired) electrons. The SMILES string of the molecule is Cc1ccc(-c2nc(CC(=O)NCc3ccc(N4CCN(C)CC4)nc3)cs2)cc1. The van der Waals surface area contributed by atoms with Crippen LogP contribution in [0.2, 0.25) is 0 Å². The lowest BCUT2D eigenvalue weighted by Crippen LogP contribution is -2.44. The summed E-state index contributed by atoms with van der Waals surface area (Å²) in [4.78, 5) is 26.2. The summed E-state index contributed by atoms with van der Waals surface area (Å²) in [5.74, 6) is 0.975. The number of piperazine rings is 1. The summed E-state index contributed by atoms with van der Waals surface area (Å²) < 4.78 is 0. The largest absolute Gasteiger partial charge is 0.354 e. The fourth-order valence-corrected chi connectivity index (χ4v) is 4.21. The zero-order chi connectivity index (χ0) is 20.9. The number of amides is 1. The van der Waals surface area contributed by atoms with Crippen molar-refractivity contribution in [1.82, 2.24) is 20.2 Å². The van der Waals surface area contributed by atoms with Crippen LogP contribution in [-0.4, -0.2) is 54.0 Å². The summed E-state index contributed by atoms with van der Waals surface area (Å²) in [6, 6.07) is 12.4. The van der Waals surface area contributed by atoms with E-state index in [1.165, 1.54) is 5.56 Å². The number of aromatic nitrogens is 2. The maximum atomic E-state index is 12.3. The first-order chi connectivity index (χ1) is 14.6. The molecule has 0 saturated carbocycles. The zero-order valence-corrected chi connectivity index (χ0v) is 18.3. The van der Waals surface area contributed by atoms with Crippen LogP contribution >= 0.6 is 11.3 Å². The maximum absolute atomic E-state index is 12.3. The molecule has 3 aromatic rings. The van der Waals surface area contributed by atoms with Gasteiger partial charge < -0.3 is 15.1 Å². The maximum Gasteiger partial charge on any atom is 0.226 e. The third-order valence-electron chi connectivity index (χ3n) is 5.32. The molecule has 0 atom stereocenters. The van der Waals surface area contributed by atoms with Gasteiger partial charge in [0.1, 0.15) is 10.8 Å². The van der Waals surface area contributed by atoms with Crippen LogP contribution in [0.3, 0.4) is 0 Å². The molecule has 1 aliphatic heterocycles. The quantitative estimate of drug-likeness (QED) is 0.663. The van der Waals surface area contributed by atoms with Gasteiger partial charge in [0.05, 0.1) is 12.1 Å². The van der Waals surface area contributed by atoms with Gasteiger partial charge in [0.15, 0.2) is 0 Å². The molecule has 1 aromatic carbocycles. The van der Waals surface area contributed by atoms with Crippen molar-refractivity contribution in [3.05, 3.63) is 64.8 Å². The molecule has 3 heterocycles. The van der Waals surface area contributed by atoms with Gasteiger partial charge in [-0.2, -0.15) is 0 Å². The summed E-state index contributed by atoms with van der Waals surface area (Å²) >= 11 is 1.57. The first kappa shape index (κ1) is 20.5. The molecular weight excluding hydrogens is 394 g/mol. The number of anilines is 1. The molecule has 7 heteroatoms. The van der Waals surface area contributed by atoms with E-state index >= 15 is 0 Å². The zero-order valence-electron chi connectivity index (χ0n) is 17.5. The number of rotatable bonds is 6. The summed E-state index contributed by atoms with van der Waals surface area (Å²) in [7, 11) is 2.14. The Morgan fingerprint density at radius 3 is 2.57 bits per heavy atom. The molecule has 0 aliphatic carbocycles. The van der Waals surface area contributed by atoms with Crippen LogP contribution in [0.5, 0.6) is 0 Å². The fraction of sp³-hybridized carbons (Fsp3) is 0.348. The lowest BCUT2D eigenvalue weighted by Gasteiger charge is -2.33. The van der Waals surface area contributed by atoms with Crippen LogP contribution in [0.15, 0.2) is 48.0 Å². The number of likely N-dealkylation sites (N-methyl/N-ethyl adjacent to an activating group) is 1. The Morgan fingerprint density at radius 2 is 1.87 bits per heavy atom. The van der Waals surface area contributed by atoms with E-state index in [9.17, 15) is 4.79 Å². The van der Waals surface area contributed by atoms with E-state index in [-0.39, 0.29) is 12.3 Å². The highest BCUT2D eigenvalue weighted by molar-refractivity contribution is 7.13. The summed E-state index contributed by atoms with van der Waals surface area (Å²) in [6.45, 7) is 6.65. The molecule has 30 heavy (non-hydrogen) atoms. The van der Waals surface area contributed by atoms with Crippen molar-refractivity contribution in [3.8, 4) is 10.6 Å². The van der Waals surface area contributed by atoms with Gasteiger partial charge in [0.2, 0.25) is 5.91 Å². The Balaban J connectivity index is 1.27. The molecule has 1 N–H and O–H groups in total. The van der Waals surface area contributed by atoms with E-state index in [4.69, 9.17) is 0 Å². The number of hydrogen-bond donors (Lipinski definition) is 1. The van der Waals surface area contributed by atoms with Crippen LogP contribution in [-0.2, 0) is 17.8 Å². The molecule has 1 amide bonds. The molecule has 0 unspecified atom stereocenters. The summed E-state index contributed by atoms with van der Waals surface area (Å²) in [5, 5.41) is 5.88. The van der Waals surface area contributed by atoms with Crippen molar-refractivity contribution in [3.63, 3.8) is 0 Å². The molecule has 156 valence electrons. The van der Waals surface area contributed by atoms with E-state index in [1.54, 1.807) is 11.3 Å². The van der Waals surface area contributed by atoms with E-state index in [0.29, 0.717) is 6.54 Å². The van der Waals surface area contributed by atoms with Crippen LogP contribution in [0.25, 0.3) is 10.6 Å². The van der Waals surface area contributed by atoms with Gasteiger partial charge in [-0.05, 0) is 25.6 Å². The number of nitrogens with one attached hydrogen (secondary N) is 1. The van der Waals surface area contributed by atoms with E-state index in [0.717, 1.165) is 53.8 Å². The molecule has 0 spiro atoms. The molecule has 2 aromatic heterocycles. The van der Waals surface area contributed by atoms with Gasteiger partial charge in [0, 0.05) is 49.9 Å². The van der Waals surface area contributed by atoms with E-state index in [2.05, 4.69) is 63.3 Å². The van der Waals surface area contributed by atoms with Crippen LogP contribution in [0, 0.1) is 6.92 Å². The number of benzene rings is 1. The summed E-state index contributed by atoms with van der Waals surface area (Å²) in [5.41, 5.74) is 4.11. The minimum Gasteiger partial charge on any atom is -0.354 e. The Morgan fingerprint density at radius 1 is 1.10 bits per heavy atom. The van der Waals surface area contributed by atoms with Crippen LogP contribution < -0.4 is 10.2 Å². The lowest BCUT2D eigenvalue weighted by molar-refractivity contribution is -0.120. The highest BCUT2D eigenvalue weighted by Gasteiger charge is 2.15. The second-order valence-corrected chi connectivity index (χ2v) is 8.64. The molecule has 6 nitrogen and oxygen atoms in total. The van der Waals surface area contributed by atoms with Gasteiger partial charge in [-0.25, -0.2) is 9.97 Å². The van der Waals surface area contributed by atoms with Crippen molar-refractivity contribution in [1.29, 1.82) is 0 Å². The topological polar surface area (TPSA) is 61.4 Å². The number of pyridine rings is 1. The van der Waals surface area contributed by atoms with Gasteiger partial charge in [-0.3, -0.25) is 4.79 Å².